The fourth-order valence-electron chi connectivity index (χ4n) is 12.6. The van der Waals surface area contributed by atoms with Crippen molar-refractivity contribution in [2.75, 3.05) is 0 Å². The van der Waals surface area contributed by atoms with Crippen molar-refractivity contribution in [1.29, 1.82) is 0 Å². The smallest absolute Gasteiger partial charge is 0.179 e. The van der Waals surface area contributed by atoms with E-state index >= 15 is 0 Å². The van der Waals surface area contributed by atoms with Crippen molar-refractivity contribution in [2.45, 2.75) is 0 Å². The number of nitrogens with zero attached hydrogens (tertiary/aromatic N) is 2. The van der Waals surface area contributed by atoms with Crippen LogP contribution < -0.4 is 41.5 Å². The molecular weight excluding hydrogens is 949 g/mol. The minimum atomic E-state index is -2.98. The molecule has 14 aromatic rings. The minimum absolute atomic E-state index is 0.166. The Morgan fingerprint density at radius 2 is 0.671 bits per heavy atom. The van der Waals surface area contributed by atoms with Crippen molar-refractivity contribution in [2.24, 2.45) is 0 Å². The molecule has 0 saturated heterocycles. The average molecular weight is 1010 g/mol. The highest BCUT2D eigenvalue weighted by molar-refractivity contribution is 7.20. The van der Waals surface area contributed by atoms with Gasteiger partial charge in [-0.3, -0.25) is 0 Å². The SMILES string of the molecule is [2H]c1c([2H])c([2H])c(-c2cccc3c2c2cc(-n4c5ccccc5c5ccc([Si](c6ccccc6)(c6ccccc6)c6ccccc6)cc54)ccc2n3-c2cccc([Si](c3ccccc3)(c3ccccc3)c3ccccc3)c2)c([2H])c1[2H]. The third kappa shape index (κ3) is 7.14. The highest BCUT2D eigenvalue weighted by Crippen LogP contribution is 2.41. The predicted octanol–water partition coefficient (Wildman–Crippen LogP) is 12.3. The van der Waals surface area contributed by atoms with Gasteiger partial charge in [-0.2, -0.15) is 0 Å². The maximum atomic E-state index is 9.39. The average Bonchev–Trinajstić information content (AvgIpc) is 4.26. The normalized spacial score (nSPS) is 12.9. The first kappa shape index (κ1) is 40.1. The van der Waals surface area contributed by atoms with Crippen molar-refractivity contribution in [3.05, 3.63) is 315 Å². The van der Waals surface area contributed by atoms with E-state index in [0.29, 0.717) is 5.56 Å². The van der Waals surface area contributed by atoms with Gasteiger partial charge in [-0.1, -0.05) is 267 Å². The van der Waals surface area contributed by atoms with Gasteiger partial charge in [-0.05, 0) is 101 Å². The number of para-hydroxylation sites is 1. The molecule has 0 unspecified atom stereocenters. The third-order valence-electron chi connectivity index (χ3n) is 15.7. The Morgan fingerprint density at radius 3 is 1.21 bits per heavy atom. The molecular formula is C72H52N2Si2. The lowest BCUT2D eigenvalue weighted by Crippen LogP contribution is -2.74. The van der Waals surface area contributed by atoms with Gasteiger partial charge in [-0.25, -0.2) is 0 Å². The molecule has 2 aromatic heterocycles. The predicted molar refractivity (Wildman–Crippen MR) is 328 cm³/mol. The van der Waals surface area contributed by atoms with Crippen molar-refractivity contribution in [3.63, 3.8) is 0 Å². The second-order valence-electron chi connectivity index (χ2n) is 19.6. The summed E-state index contributed by atoms with van der Waals surface area (Å²) in [6, 6.07) is 102. The summed E-state index contributed by atoms with van der Waals surface area (Å²) in [5.74, 6) is 0. The molecule has 0 bridgehead atoms. The van der Waals surface area contributed by atoms with Gasteiger partial charge in [0.25, 0.3) is 0 Å². The Balaban J connectivity index is 1.07. The molecule has 14 rings (SSSR count). The molecule has 4 heteroatoms. The molecule has 2 nitrogen and oxygen atoms in total. The Hall–Kier alpha value is -9.33. The zero-order chi connectivity index (χ0) is 54.8. The second kappa shape index (κ2) is 18.9. The molecule has 76 heavy (non-hydrogen) atoms. The topological polar surface area (TPSA) is 9.86 Å². The van der Waals surface area contributed by atoms with Crippen molar-refractivity contribution in [1.82, 2.24) is 9.13 Å². The first-order chi connectivity index (χ1) is 39.8. The van der Waals surface area contributed by atoms with Crippen LogP contribution in [0.1, 0.15) is 6.85 Å². The zero-order valence-corrected chi connectivity index (χ0v) is 43.5. The summed E-state index contributed by atoms with van der Waals surface area (Å²) < 4.78 is 49.9. The Kier molecular flexibility index (Phi) is 9.96. The van der Waals surface area contributed by atoms with E-state index in [1.807, 2.05) is 12.1 Å². The number of benzene rings is 12. The lowest BCUT2D eigenvalue weighted by atomic mass is 9.99. The third-order valence-corrected chi connectivity index (χ3v) is 25.2. The van der Waals surface area contributed by atoms with E-state index in [2.05, 4.69) is 282 Å². The highest BCUT2D eigenvalue weighted by Gasteiger charge is 2.43. The van der Waals surface area contributed by atoms with Gasteiger partial charge in [0.05, 0.1) is 28.9 Å². The molecule has 0 amide bonds. The molecule has 12 aromatic carbocycles. The summed E-state index contributed by atoms with van der Waals surface area (Å²) in [5, 5.41) is 14.1. The fraction of sp³-hybridized carbons (Fsp3) is 0. The van der Waals surface area contributed by atoms with E-state index in [1.54, 1.807) is 0 Å². The Labute approximate surface area is 452 Å². The number of aromatic nitrogens is 2. The summed E-state index contributed by atoms with van der Waals surface area (Å²) in [6.45, 7) is 0. The van der Waals surface area contributed by atoms with Crippen molar-refractivity contribution >= 4 is 101 Å². The van der Waals surface area contributed by atoms with Gasteiger partial charge < -0.3 is 9.13 Å². The molecule has 358 valence electrons. The van der Waals surface area contributed by atoms with E-state index < -0.39 is 22.2 Å². The second-order valence-corrected chi connectivity index (χ2v) is 27.2. The van der Waals surface area contributed by atoms with E-state index in [1.165, 1.54) is 41.5 Å². The lowest BCUT2D eigenvalue weighted by molar-refractivity contribution is 1.17. The standard InChI is InChI=1S/C72H52N2Si2/c1-8-26-53(27-9-1)64-43-25-45-70-72(64)67-51-55(46-49-69(67)73(70)54-28-24-41-62(50-54)75(56-29-10-2-11-30-56,57-31-12-3-13-32-57)58-33-14-4-15-34-58)74-68-44-23-22-42-65(68)66-48-47-63(52-71(66)74)76(59-35-16-5-17-36-59,60-37-18-6-19-38-60)61-39-20-7-21-40-61/h1-52H/i1D,8D,9D,26D,27D. The first-order valence-corrected chi connectivity index (χ1v) is 29.9. The maximum Gasteiger partial charge on any atom is 0.179 e. The maximum absolute atomic E-state index is 9.39. The van der Waals surface area contributed by atoms with Crippen LogP contribution in [-0.4, -0.2) is 25.3 Å². The van der Waals surface area contributed by atoms with Crippen LogP contribution in [0.25, 0.3) is 66.1 Å². The fourth-order valence-corrected chi connectivity index (χ4v) is 22.1. The van der Waals surface area contributed by atoms with Gasteiger partial charge in [-0.15, -0.1) is 0 Å². The van der Waals surface area contributed by atoms with Crippen LogP contribution in [0.15, 0.2) is 315 Å². The molecule has 0 saturated carbocycles. The summed E-state index contributed by atoms with van der Waals surface area (Å²) in [5.41, 5.74) is 6.51. The molecule has 0 radical (unpaired) electrons. The first-order valence-electron chi connectivity index (χ1n) is 28.4. The van der Waals surface area contributed by atoms with E-state index in [0.717, 1.165) is 55.0 Å². The van der Waals surface area contributed by atoms with Crippen LogP contribution in [0.5, 0.6) is 0 Å². The molecule has 0 aliphatic rings. The van der Waals surface area contributed by atoms with Crippen LogP contribution in [0, 0.1) is 0 Å². The Bertz CT molecular complexity index is 4460. The Morgan fingerprint density at radius 1 is 0.263 bits per heavy atom. The van der Waals surface area contributed by atoms with Gasteiger partial charge >= 0.3 is 0 Å². The minimum Gasteiger partial charge on any atom is -0.309 e. The highest BCUT2D eigenvalue weighted by atomic mass is 28.3. The number of fused-ring (bicyclic) bond motifs is 6. The monoisotopic (exact) mass is 1010 g/mol. The molecule has 2 heterocycles. The summed E-state index contributed by atoms with van der Waals surface area (Å²) in [6.07, 6.45) is 0. The lowest BCUT2D eigenvalue weighted by Gasteiger charge is -2.34. The van der Waals surface area contributed by atoms with Crippen LogP contribution in [0.2, 0.25) is 0 Å². The molecule has 0 fully saturated rings. The van der Waals surface area contributed by atoms with Crippen molar-refractivity contribution < 1.29 is 6.85 Å². The van der Waals surface area contributed by atoms with Crippen LogP contribution in [0.4, 0.5) is 0 Å². The zero-order valence-electron chi connectivity index (χ0n) is 46.5. The van der Waals surface area contributed by atoms with Gasteiger partial charge in [0.1, 0.15) is 0 Å². The van der Waals surface area contributed by atoms with E-state index in [-0.39, 0.29) is 29.7 Å². The number of rotatable bonds is 11. The number of hydrogen-bond acceptors (Lipinski definition) is 0. The molecule has 0 atom stereocenters. The molecule has 0 spiro atoms. The van der Waals surface area contributed by atoms with Crippen LogP contribution in [0.3, 0.4) is 0 Å². The van der Waals surface area contributed by atoms with Crippen molar-refractivity contribution in [3.8, 4) is 22.5 Å². The largest absolute Gasteiger partial charge is 0.309 e. The quantitative estimate of drug-likeness (QED) is 0.0903. The van der Waals surface area contributed by atoms with Gasteiger partial charge in [0.2, 0.25) is 0 Å². The summed E-state index contributed by atoms with van der Waals surface area (Å²) in [7, 11) is -5.93. The van der Waals surface area contributed by atoms with E-state index in [9.17, 15) is 2.74 Å². The van der Waals surface area contributed by atoms with Crippen LogP contribution in [-0.2, 0) is 0 Å². The van der Waals surface area contributed by atoms with E-state index in [4.69, 9.17) is 4.11 Å². The summed E-state index contributed by atoms with van der Waals surface area (Å²) >= 11 is 0. The van der Waals surface area contributed by atoms with Gasteiger partial charge in [0.15, 0.2) is 16.1 Å². The molecule has 0 aliphatic carbocycles. The summed E-state index contributed by atoms with van der Waals surface area (Å²) in [4.78, 5) is 0. The van der Waals surface area contributed by atoms with Gasteiger partial charge in [0, 0.05) is 32.9 Å². The number of hydrogen-bond donors (Lipinski definition) is 0. The molecule has 0 aliphatic heterocycles. The molecule has 0 N–H and O–H groups in total. The van der Waals surface area contributed by atoms with Crippen LogP contribution >= 0.6 is 0 Å².